The molecule has 2 amide bonds. The Bertz CT molecular complexity index is 960. The van der Waals surface area contributed by atoms with Crippen LogP contribution in [-0.2, 0) is 9.53 Å². The van der Waals surface area contributed by atoms with E-state index in [1.807, 2.05) is 27.8 Å². The van der Waals surface area contributed by atoms with Crippen molar-refractivity contribution in [3.8, 4) is 5.69 Å². The molecule has 2 aliphatic heterocycles. The lowest BCUT2D eigenvalue weighted by molar-refractivity contribution is -0.134. The monoisotopic (exact) mass is 454 g/mol. The fourth-order valence-electron chi connectivity index (χ4n) is 4.69. The first-order chi connectivity index (χ1) is 16.0. The maximum atomic E-state index is 12.8. The zero-order valence-corrected chi connectivity index (χ0v) is 19.9. The zero-order chi connectivity index (χ0) is 23.4. The average molecular weight is 455 g/mol. The summed E-state index contributed by atoms with van der Waals surface area (Å²) in [7, 11) is 0. The number of para-hydroxylation sites is 1. The highest BCUT2D eigenvalue weighted by Gasteiger charge is 2.28. The van der Waals surface area contributed by atoms with Gasteiger partial charge in [0.25, 0.3) is 0 Å². The number of rotatable bonds is 5. The molecule has 0 N–H and O–H groups in total. The first-order valence-electron chi connectivity index (χ1n) is 11.8. The van der Waals surface area contributed by atoms with Gasteiger partial charge in [-0.25, -0.2) is 9.48 Å². The van der Waals surface area contributed by atoms with Crippen molar-refractivity contribution < 1.29 is 14.3 Å². The van der Waals surface area contributed by atoms with Crippen LogP contribution in [0.15, 0.2) is 30.3 Å². The van der Waals surface area contributed by atoms with Gasteiger partial charge in [0.15, 0.2) is 0 Å². The van der Waals surface area contributed by atoms with Gasteiger partial charge in [-0.1, -0.05) is 18.2 Å². The van der Waals surface area contributed by atoms with E-state index >= 15 is 0 Å². The van der Waals surface area contributed by atoms with Crippen LogP contribution in [0, 0.1) is 13.8 Å². The van der Waals surface area contributed by atoms with E-state index in [9.17, 15) is 9.59 Å². The van der Waals surface area contributed by atoms with Crippen molar-refractivity contribution in [2.24, 2.45) is 0 Å². The van der Waals surface area contributed by atoms with E-state index in [4.69, 9.17) is 9.84 Å². The van der Waals surface area contributed by atoms with Crippen molar-refractivity contribution in [1.82, 2.24) is 24.5 Å². The van der Waals surface area contributed by atoms with Crippen LogP contribution in [0.2, 0.25) is 0 Å². The van der Waals surface area contributed by atoms with E-state index < -0.39 is 0 Å². The average Bonchev–Trinajstić information content (AvgIpc) is 3.14. The fraction of sp³-hybridized carbons (Fsp3) is 0.542. The van der Waals surface area contributed by atoms with Gasteiger partial charge in [0, 0.05) is 52.4 Å². The highest BCUT2D eigenvalue weighted by atomic mass is 16.6. The Labute approximate surface area is 195 Å². The second kappa shape index (κ2) is 10.2. The minimum absolute atomic E-state index is 0.135. The lowest BCUT2D eigenvalue weighted by atomic mass is 10.2. The van der Waals surface area contributed by atoms with Crippen LogP contribution in [-0.4, -0.2) is 102 Å². The van der Waals surface area contributed by atoms with Crippen LogP contribution in [0.4, 0.5) is 10.5 Å². The van der Waals surface area contributed by atoms with E-state index in [0.29, 0.717) is 39.3 Å². The van der Waals surface area contributed by atoms with E-state index in [1.165, 1.54) is 5.69 Å². The summed E-state index contributed by atoms with van der Waals surface area (Å²) in [5.41, 5.74) is 4.43. The number of piperazine rings is 2. The van der Waals surface area contributed by atoms with E-state index in [2.05, 4.69) is 35.8 Å². The highest BCUT2D eigenvalue weighted by molar-refractivity contribution is 5.79. The van der Waals surface area contributed by atoms with Crippen molar-refractivity contribution in [2.45, 2.75) is 20.8 Å². The summed E-state index contributed by atoms with van der Waals surface area (Å²) in [6.45, 7) is 12.4. The standard InChI is InChI=1S/C24H34N6O3/c1-4-33-24(32)29-16-14-27(15-17-29)22(31)18-26-10-12-28(13-11-26)23-19(2)25-30(20(23)3)21-8-6-5-7-9-21/h5-9H,4,10-18H2,1-3H3. The van der Waals surface area contributed by atoms with E-state index in [1.54, 1.807) is 11.8 Å². The van der Waals surface area contributed by atoms with Crippen molar-refractivity contribution in [3.05, 3.63) is 41.7 Å². The molecule has 2 aliphatic rings. The number of anilines is 1. The van der Waals surface area contributed by atoms with Gasteiger partial charge < -0.3 is 19.4 Å². The van der Waals surface area contributed by atoms with Crippen LogP contribution in [0.25, 0.3) is 5.69 Å². The molecule has 0 saturated carbocycles. The summed E-state index contributed by atoms with van der Waals surface area (Å²) >= 11 is 0. The molecule has 9 nitrogen and oxygen atoms in total. The summed E-state index contributed by atoms with van der Waals surface area (Å²) in [6.07, 6.45) is -0.290. The molecular formula is C24H34N6O3. The number of hydrogen-bond donors (Lipinski definition) is 0. The molecule has 2 aromatic rings. The number of amides is 2. The van der Waals surface area contributed by atoms with Crippen LogP contribution in [0.5, 0.6) is 0 Å². The molecule has 2 saturated heterocycles. The molecule has 0 aliphatic carbocycles. The molecule has 0 radical (unpaired) electrons. The number of aromatic nitrogens is 2. The summed E-state index contributed by atoms with van der Waals surface area (Å²) in [5.74, 6) is 0.135. The van der Waals surface area contributed by atoms with Gasteiger partial charge in [-0.05, 0) is 32.9 Å². The minimum Gasteiger partial charge on any atom is -0.450 e. The summed E-state index contributed by atoms with van der Waals surface area (Å²) in [5, 5.41) is 4.78. The molecule has 2 fully saturated rings. The fourth-order valence-corrected chi connectivity index (χ4v) is 4.69. The van der Waals surface area contributed by atoms with Gasteiger partial charge in [0.1, 0.15) is 0 Å². The number of carbonyl (C=O) groups is 2. The lowest BCUT2D eigenvalue weighted by Gasteiger charge is -2.38. The number of aryl methyl sites for hydroxylation is 1. The molecule has 4 rings (SSSR count). The topological polar surface area (TPSA) is 74.2 Å². The van der Waals surface area contributed by atoms with Crippen LogP contribution in [0.3, 0.4) is 0 Å². The van der Waals surface area contributed by atoms with E-state index in [-0.39, 0.29) is 12.0 Å². The Balaban J connectivity index is 1.29. The molecule has 1 aromatic carbocycles. The van der Waals surface area contributed by atoms with Crippen molar-refractivity contribution >= 4 is 17.7 Å². The third-order valence-electron chi connectivity index (χ3n) is 6.46. The SMILES string of the molecule is CCOC(=O)N1CCN(C(=O)CN2CCN(c3c(C)nn(-c4ccccc4)c3C)CC2)CC1. The molecule has 3 heterocycles. The number of ether oxygens (including phenoxy) is 1. The number of carbonyl (C=O) groups excluding carboxylic acids is 2. The van der Waals surface area contributed by atoms with Gasteiger partial charge in [-0.3, -0.25) is 9.69 Å². The molecule has 178 valence electrons. The molecule has 9 heteroatoms. The number of hydrogen-bond acceptors (Lipinski definition) is 6. The molecule has 0 spiro atoms. The Morgan fingerprint density at radius 3 is 2.18 bits per heavy atom. The van der Waals surface area contributed by atoms with Crippen LogP contribution >= 0.6 is 0 Å². The number of nitrogens with zero attached hydrogens (tertiary/aromatic N) is 6. The largest absolute Gasteiger partial charge is 0.450 e. The van der Waals surface area contributed by atoms with Gasteiger partial charge >= 0.3 is 6.09 Å². The van der Waals surface area contributed by atoms with Gasteiger partial charge in [0.2, 0.25) is 5.91 Å². The Kier molecular flexibility index (Phi) is 7.17. The minimum atomic E-state index is -0.290. The highest BCUT2D eigenvalue weighted by Crippen LogP contribution is 2.27. The first-order valence-corrected chi connectivity index (χ1v) is 11.8. The molecule has 1 aromatic heterocycles. The molecular weight excluding hydrogens is 420 g/mol. The smallest absolute Gasteiger partial charge is 0.409 e. The summed E-state index contributed by atoms with van der Waals surface area (Å²) in [4.78, 5) is 32.8. The van der Waals surface area contributed by atoms with Crippen LogP contribution < -0.4 is 4.90 Å². The van der Waals surface area contributed by atoms with Crippen molar-refractivity contribution in [3.63, 3.8) is 0 Å². The summed E-state index contributed by atoms with van der Waals surface area (Å²) < 4.78 is 7.06. The Hall–Kier alpha value is -3.07. The maximum Gasteiger partial charge on any atom is 0.409 e. The third kappa shape index (κ3) is 5.13. The van der Waals surface area contributed by atoms with Crippen molar-refractivity contribution in [2.75, 3.05) is 70.4 Å². The van der Waals surface area contributed by atoms with Gasteiger partial charge in [0.05, 0.1) is 35.9 Å². The maximum absolute atomic E-state index is 12.8. The lowest BCUT2D eigenvalue weighted by Crippen LogP contribution is -2.54. The number of benzene rings is 1. The quantitative estimate of drug-likeness (QED) is 0.687. The summed E-state index contributed by atoms with van der Waals surface area (Å²) in [6, 6.07) is 10.2. The second-order valence-corrected chi connectivity index (χ2v) is 8.60. The molecule has 0 unspecified atom stereocenters. The van der Waals surface area contributed by atoms with Crippen LogP contribution in [0.1, 0.15) is 18.3 Å². The Morgan fingerprint density at radius 2 is 1.55 bits per heavy atom. The molecule has 0 bridgehead atoms. The molecule has 0 atom stereocenters. The zero-order valence-electron chi connectivity index (χ0n) is 19.9. The van der Waals surface area contributed by atoms with E-state index in [0.717, 1.165) is 43.3 Å². The van der Waals surface area contributed by atoms with Crippen molar-refractivity contribution in [1.29, 1.82) is 0 Å². The van der Waals surface area contributed by atoms with Gasteiger partial charge in [-0.2, -0.15) is 5.10 Å². The second-order valence-electron chi connectivity index (χ2n) is 8.60. The predicted molar refractivity (Wildman–Crippen MR) is 127 cm³/mol. The molecule has 33 heavy (non-hydrogen) atoms. The Morgan fingerprint density at radius 1 is 0.909 bits per heavy atom. The normalized spacial score (nSPS) is 17.4. The predicted octanol–water partition coefficient (Wildman–Crippen LogP) is 1.91. The first kappa shape index (κ1) is 23.1. The van der Waals surface area contributed by atoms with Gasteiger partial charge in [-0.15, -0.1) is 0 Å². The third-order valence-corrected chi connectivity index (χ3v) is 6.46.